The molecule has 1 unspecified atom stereocenters. The van der Waals surface area contributed by atoms with Gasteiger partial charge in [0.1, 0.15) is 0 Å². The average molecular weight is 373 g/mol. The zero-order chi connectivity index (χ0) is 16.2. The number of carbonyl (C=O) groups excluding carboxylic acids is 1. The predicted octanol–water partition coefficient (Wildman–Crippen LogP) is 3.80. The smallest absolute Gasteiger partial charge is 0.253 e. The molecule has 2 aromatic rings. The first kappa shape index (κ1) is 16.2. The van der Waals surface area contributed by atoms with E-state index in [1.165, 1.54) is 5.56 Å². The molecule has 23 heavy (non-hydrogen) atoms. The highest BCUT2D eigenvalue weighted by Crippen LogP contribution is 2.18. The number of amides is 1. The first-order valence-corrected chi connectivity index (χ1v) is 8.75. The molecule has 3 rings (SSSR count). The van der Waals surface area contributed by atoms with Crippen LogP contribution in [0, 0.1) is 0 Å². The van der Waals surface area contributed by atoms with Gasteiger partial charge in [0.05, 0.1) is 0 Å². The van der Waals surface area contributed by atoms with E-state index in [2.05, 4.69) is 52.0 Å². The molecule has 1 fully saturated rings. The highest BCUT2D eigenvalue weighted by atomic mass is 79.9. The van der Waals surface area contributed by atoms with Gasteiger partial charge in [0, 0.05) is 42.3 Å². The third-order valence-electron chi connectivity index (χ3n) is 4.35. The second-order valence-corrected chi connectivity index (χ2v) is 6.98. The number of hydrogen-bond donors (Lipinski definition) is 0. The summed E-state index contributed by atoms with van der Waals surface area (Å²) >= 11 is 3.43. The second kappa shape index (κ2) is 7.28. The minimum Gasteiger partial charge on any atom is -0.336 e. The van der Waals surface area contributed by atoms with Crippen LogP contribution >= 0.6 is 15.9 Å². The molecular formula is C19H21BrN2O. The lowest BCUT2D eigenvalue weighted by Gasteiger charge is -2.40. The first-order valence-electron chi connectivity index (χ1n) is 7.96. The Bertz CT molecular complexity index is 674. The quantitative estimate of drug-likeness (QED) is 0.817. The summed E-state index contributed by atoms with van der Waals surface area (Å²) in [5.74, 6) is 0.123. The fourth-order valence-corrected chi connectivity index (χ4v) is 3.44. The Morgan fingerprint density at radius 1 is 1.13 bits per heavy atom. The van der Waals surface area contributed by atoms with Crippen molar-refractivity contribution in [3.8, 4) is 0 Å². The number of nitrogens with zero attached hydrogens (tertiary/aromatic N) is 2. The van der Waals surface area contributed by atoms with Crippen LogP contribution in [0.5, 0.6) is 0 Å². The zero-order valence-corrected chi connectivity index (χ0v) is 14.9. The van der Waals surface area contributed by atoms with Crippen LogP contribution in [-0.4, -0.2) is 41.4 Å². The molecule has 1 amide bonds. The Balaban J connectivity index is 1.63. The van der Waals surface area contributed by atoms with Gasteiger partial charge >= 0.3 is 0 Å². The van der Waals surface area contributed by atoms with E-state index in [0.29, 0.717) is 6.04 Å². The summed E-state index contributed by atoms with van der Waals surface area (Å²) in [6.45, 7) is 5.61. The molecule has 0 aromatic heterocycles. The highest BCUT2D eigenvalue weighted by Gasteiger charge is 2.27. The molecule has 1 heterocycles. The van der Waals surface area contributed by atoms with E-state index in [9.17, 15) is 4.79 Å². The van der Waals surface area contributed by atoms with Crippen molar-refractivity contribution in [1.82, 2.24) is 9.80 Å². The molecule has 0 spiro atoms. The molecule has 1 aliphatic heterocycles. The van der Waals surface area contributed by atoms with Crippen LogP contribution in [0.3, 0.4) is 0 Å². The van der Waals surface area contributed by atoms with Gasteiger partial charge in [0.15, 0.2) is 0 Å². The van der Waals surface area contributed by atoms with Crippen LogP contribution in [0.4, 0.5) is 0 Å². The van der Waals surface area contributed by atoms with Crippen LogP contribution < -0.4 is 0 Å². The maximum atomic E-state index is 12.6. The molecule has 3 nitrogen and oxygen atoms in total. The van der Waals surface area contributed by atoms with E-state index in [1.54, 1.807) is 0 Å². The second-order valence-electron chi connectivity index (χ2n) is 6.07. The normalized spacial score (nSPS) is 18.9. The minimum atomic E-state index is 0.123. The van der Waals surface area contributed by atoms with Gasteiger partial charge in [-0.2, -0.15) is 0 Å². The SMILES string of the molecule is CC1CN(C(=O)c2cccc(Br)c2)CCN1Cc1ccccc1. The van der Waals surface area contributed by atoms with Crippen LogP contribution in [0.1, 0.15) is 22.8 Å². The Labute approximate surface area is 146 Å². The molecule has 0 N–H and O–H groups in total. The van der Waals surface area contributed by atoms with Crippen LogP contribution in [0.25, 0.3) is 0 Å². The Hall–Kier alpha value is -1.65. The van der Waals surface area contributed by atoms with Gasteiger partial charge in [-0.05, 0) is 30.7 Å². The van der Waals surface area contributed by atoms with E-state index in [0.717, 1.165) is 36.2 Å². The molecule has 4 heteroatoms. The fourth-order valence-electron chi connectivity index (χ4n) is 3.04. The largest absolute Gasteiger partial charge is 0.336 e. The number of piperazine rings is 1. The lowest BCUT2D eigenvalue weighted by molar-refractivity contribution is 0.0495. The predicted molar refractivity (Wildman–Crippen MR) is 96.4 cm³/mol. The van der Waals surface area contributed by atoms with Crippen molar-refractivity contribution in [3.05, 3.63) is 70.2 Å². The minimum absolute atomic E-state index is 0.123. The van der Waals surface area contributed by atoms with Gasteiger partial charge < -0.3 is 4.90 Å². The standard InChI is InChI=1S/C19H21BrN2O/c1-15-13-22(19(23)17-8-5-9-18(20)12-17)11-10-21(15)14-16-6-3-2-4-7-16/h2-9,12,15H,10-11,13-14H2,1H3. The number of rotatable bonds is 3. The Kier molecular flexibility index (Phi) is 5.13. The van der Waals surface area contributed by atoms with Gasteiger partial charge in [-0.3, -0.25) is 9.69 Å². The summed E-state index contributed by atoms with van der Waals surface area (Å²) in [6, 6.07) is 18.5. The van der Waals surface area contributed by atoms with E-state index >= 15 is 0 Å². The van der Waals surface area contributed by atoms with Crippen molar-refractivity contribution in [2.24, 2.45) is 0 Å². The molecule has 1 saturated heterocycles. The monoisotopic (exact) mass is 372 g/mol. The molecule has 0 aliphatic carbocycles. The lowest BCUT2D eigenvalue weighted by atomic mass is 10.1. The van der Waals surface area contributed by atoms with Gasteiger partial charge in [-0.25, -0.2) is 0 Å². The summed E-state index contributed by atoms with van der Waals surface area (Å²) in [5.41, 5.74) is 2.08. The summed E-state index contributed by atoms with van der Waals surface area (Å²) in [4.78, 5) is 17.1. The zero-order valence-electron chi connectivity index (χ0n) is 13.3. The molecule has 120 valence electrons. The van der Waals surface area contributed by atoms with Crippen LogP contribution in [0.2, 0.25) is 0 Å². The maximum Gasteiger partial charge on any atom is 0.253 e. The fraction of sp³-hybridized carbons (Fsp3) is 0.316. The highest BCUT2D eigenvalue weighted by molar-refractivity contribution is 9.10. The van der Waals surface area contributed by atoms with Crippen molar-refractivity contribution in [2.75, 3.05) is 19.6 Å². The summed E-state index contributed by atoms with van der Waals surface area (Å²) in [5, 5.41) is 0. The van der Waals surface area contributed by atoms with Crippen molar-refractivity contribution < 1.29 is 4.79 Å². The van der Waals surface area contributed by atoms with Gasteiger partial charge in [-0.1, -0.05) is 52.3 Å². The summed E-state index contributed by atoms with van der Waals surface area (Å²) in [7, 11) is 0. The van der Waals surface area contributed by atoms with Crippen molar-refractivity contribution in [3.63, 3.8) is 0 Å². The molecule has 0 bridgehead atoms. The topological polar surface area (TPSA) is 23.6 Å². The van der Waals surface area contributed by atoms with Crippen molar-refractivity contribution in [1.29, 1.82) is 0 Å². The van der Waals surface area contributed by atoms with E-state index in [-0.39, 0.29) is 5.91 Å². The molecule has 2 aromatic carbocycles. The summed E-state index contributed by atoms with van der Waals surface area (Å²) < 4.78 is 0.944. The maximum absolute atomic E-state index is 12.6. The number of hydrogen-bond acceptors (Lipinski definition) is 2. The van der Waals surface area contributed by atoms with E-state index < -0.39 is 0 Å². The molecule has 0 saturated carbocycles. The van der Waals surface area contributed by atoms with Gasteiger partial charge in [0.25, 0.3) is 5.91 Å². The van der Waals surface area contributed by atoms with Crippen molar-refractivity contribution in [2.45, 2.75) is 19.5 Å². The first-order chi connectivity index (χ1) is 11.1. The Morgan fingerprint density at radius 3 is 2.61 bits per heavy atom. The van der Waals surface area contributed by atoms with Crippen LogP contribution in [-0.2, 0) is 6.54 Å². The third kappa shape index (κ3) is 4.01. The van der Waals surface area contributed by atoms with Gasteiger partial charge in [-0.15, -0.1) is 0 Å². The lowest BCUT2D eigenvalue weighted by Crippen LogP contribution is -2.53. The molecular weight excluding hydrogens is 352 g/mol. The Morgan fingerprint density at radius 2 is 1.91 bits per heavy atom. The number of halogens is 1. The summed E-state index contributed by atoms with van der Waals surface area (Å²) in [6.07, 6.45) is 0. The average Bonchev–Trinajstić information content (AvgIpc) is 2.57. The number of carbonyl (C=O) groups is 1. The molecule has 1 atom stereocenters. The number of benzene rings is 2. The van der Waals surface area contributed by atoms with E-state index in [4.69, 9.17) is 0 Å². The van der Waals surface area contributed by atoms with Crippen molar-refractivity contribution >= 4 is 21.8 Å². The van der Waals surface area contributed by atoms with Gasteiger partial charge in [0.2, 0.25) is 0 Å². The third-order valence-corrected chi connectivity index (χ3v) is 4.85. The van der Waals surface area contributed by atoms with E-state index in [1.807, 2.05) is 35.2 Å². The van der Waals surface area contributed by atoms with Crippen LogP contribution in [0.15, 0.2) is 59.1 Å². The molecule has 1 aliphatic rings. The molecule has 0 radical (unpaired) electrons.